The highest BCUT2D eigenvalue weighted by atomic mass is 16.5. The van der Waals surface area contributed by atoms with Crippen molar-refractivity contribution < 1.29 is 4.74 Å². The molecule has 1 aromatic carbocycles. The summed E-state index contributed by atoms with van der Waals surface area (Å²) in [5, 5.41) is 3.97. The molecule has 4 aliphatic rings. The van der Waals surface area contributed by atoms with Crippen molar-refractivity contribution in [3.63, 3.8) is 0 Å². The van der Waals surface area contributed by atoms with E-state index >= 15 is 0 Å². The Morgan fingerprint density at radius 3 is 2.10 bits per heavy atom. The summed E-state index contributed by atoms with van der Waals surface area (Å²) in [5.74, 6) is 4.05. The molecule has 0 spiro atoms. The fourth-order valence-electron chi connectivity index (χ4n) is 5.59. The third-order valence-corrected chi connectivity index (χ3v) is 6.11. The summed E-state index contributed by atoms with van der Waals surface area (Å²) in [4.78, 5) is 0. The number of hydrogen-bond acceptors (Lipinski definition) is 2. The van der Waals surface area contributed by atoms with Gasteiger partial charge in [0.15, 0.2) is 0 Å². The average molecular weight is 285 g/mol. The molecule has 0 unspecified atom stereocenters. The fourth-order valence-corrected chi connectivity index (χ4v) is 5.59. The van der Waals surface area contributed by atoms with Crippen LogP contribution in [0.2, 0.25) is 0 Å². The van der Waals surface area contributed by atoms with Crippen molar-refractivity contribution in [1.29, 1.82) is 0 Å². The molecule has 4 bridgehead atoms. The Morgan fingerprint density at radius 1 is 1.00 bits per heavy atom. The lowest BCUT2D eigenvalue weighted by atomic mass is 9.53. The summed E-state index contributed by atoms with van der Waals surface area (Å²) in [6.45, 7) is 1.12. The van der Waals surface area contributed by atoms with Crippen molar-refractivity contribution in [3.05, 3.63) is 29.8 Å². The van der Waals surface area contributed by atoms with Gasteiger partial charge < -0.3 is 10.1 Å². The highest BCUT2D eigenvalue weighted by Crippen LogP contribution is 2.55. The minimum Gasteiger partial charge on any atom is -0.497 e. The van der Waals surface area contributed by atoms with E-state index in [0.717, 1.165) is 36.5 Å². The monoisotopic (exact) mass is 285 g/mol. The normalized spacial score (nSPS) is 36.9. The third-order valence-electron chi connectivity index (χ3n) is 6.11. The first-order chi connectivity index (χ1) is 10.2. The number of methoxy groups -OCH3 is 1. The van der Waals surface area contributed by atoms with Gasteiger partial charge in [-0.05, 0) is 86.9 Å². The molecule has 4 saturated carbocycles. The van der Waals surface area contributed by atoms with Crippen LogP contribution < -0.4 is 10.1 Å². The van der Waals surface area contributed by atoms with Gasteiger partial charge in [-0.3, -0.25) is 0 Å². The molecule has 0 saturated heterocycles. The number of rotatable bonds is 5. The molecule has 0 aliphatic heterocycles. The van der Waals surface area contributed by atoms with E-state index in [1.165, 1.54) is 44.1 Å². The zero-order valence-electron chi connectivity index (χ0n) is 13.1. The summed E-state index contributed by atoms with van der Waals surface area (Å²) < 4.78 is 5.22. The Bertz CT molecular complexity index is 458. The standard InChI is InChI=1S/C19H27NO/c1-21-18-4-2-14(3-5-18)6-7-20-19-11-15-8-16(12-19)10-17(9-15)13-19/h2-5,15-17,20H,6-13H2,1H3. The SMILES string of the molecule is COc1ccc(CCNC23CC4CC(CC(C4)C2)C3)cc1. The minimum absolute atomic E-state index is 0.501. The van der Waals surface area contributed by atoms with Crippen LogP contribution >= 0.6 is 0 Å². The van der Waals surface area contributed by atoms with Crippen LogP contribution in [0.25, 0.3) is 0 Å². The van der Waals surface area contributed by atoms with Crippen LogP contribution in [0.5, 0.6) is 5.75 Å². The van der Waals surface area contributed by atoms with E-state index < -0.39 is 0 Å². The Morgan fingerprint density at radius 2 is 1.57 bits per heavy atom. The molecule has 4 fully saturated rings. The van der Waals surface area contributed by atoms with Gasteiger partial charge >= 0.3 is 0 Å². The Hall–Kier alpha value is -1.02. The zero-order chi connectivity index (χ0) is 14.3. The van der Waals surface area contributed by atoms with E-state index in [2.05, 4.69) is 29.6 Å². The fraction of sp³-hybridized carbons (Fsp3) is 0.684. The first-order valence-corrected chi connectivity index (χ1v) is 8.63. The van der Waals surface area contributed by atoms with Crippen LogP contribution in [0.3, 0.4) is 0 Å². The van der Waals surface area contributed by atoms with Gasteiger partial charge in [-0.2, -0.15) is 0 Å². The van der Waals surface area contributed by atoms with Crippen molar-refractivity contribution in [3.8, 4) is 5.75 Å². The molecule has 0 atom stereocenters. The van der Waals surface area contributed by atoms with Crippen LogP contribution in [0.15, 0.2) is 24.3 Å². The summed E-state index contributed by atoms with van der Waals surface area (Å²) in [6, 6.07) is 8.53. The Balaban J connectivity index is 1.34. The second kappa shape index (κ2) is 5.31. The maximum atomic E-state index is 5.22. The van der Waals surface area contributed by atoms with E-state index in [0.29, 0.717) is 5.54 Å². The number of nitrogens with one attached hydrogen (secondary N) is 1. The minimum atomic E-state index is 0.501. The maximum absolute atomic E-state index is 5.22. The van der Waals surface area contributed by atoms with Crippen molar-refractivity contribution in [2.24, 2.45) is 17.8 Å². The summed E-state index contributed by atoms with van der Waals surface area (Å²) in [5.41, 5.74) is 1.91. The first kappa shape index (κ1) is 13.6. The van der Waals surface area contributed by atoms with E-state index in [4.69, 9.17) is 4.74 Å². The summed E-state index contributed by atoms with van der Waals surface area (Å²) in [7, 11) is 1.73. The Labute approximate surface area is 128 Å². The Kier molecular flexibility index (Phi) is 3.45. The van der Waals surface area contributed by atoms with Crippen LogP contribution in [0.1, 0.15) is 44.1 Å². The van der Waals surface area contributed by atoms with E-state index in [1.54, 1.807) is 7.11 Å². The quantitative estimate of drug-likeness (QED) is 0.888. The molecule has 5 rings (SSSR count). The molecule has 0 aromatic heterocycles. The third kappa shape index (κ3) is 2.70. The van der Waals surface area contributed by atoms with Crippen LogP contribution in [0.4, 0.5) is 0 Å². The molecule has 0 heterocycles. The second-order valence-electron chi connectivity index (χ2n) is 7.72. The number of hydrogen-bond donors (Lipinski definition) is 1. The lowest BCUT2D eigenvalue weighted by molar-refractivity contribution is -0.0192. The largest absolute Gasteiger partial charge is 0.497 e. The van der Waals surface area contributed by atoms with Crippen LogP contribution in [-0.4, -0.2) is 19.2 Å². The molecule has 4 aliphatic carbocycles. The number of ether oxygens (including phenoxy) is 1. The van der Waals surface area contributed by atoms with Gasteiger partial charge in [-0.25, -0.2) is 0 Å². The van der Waals surface area contributed by atoms with Gasteiger partial charge in [-0.1, -0.05) is 12.1 Å². The van der Waals surface area contributed by atoms with Crippen molar-refractivity contribution in [2.75, 3.05) is 13.7 Å². The number of benzene rings is 1. The van der Waals surface area contributed by atoms with Gasteiger partial charge in [-0.15, -0.1) is 0 Å². The molecule has 2 nitrogen and oxygen atoms in total. The molecule has 21 heavy (non-hydrogen) atoms. The lowest BCUT2D eigenvalue weighted by Gasteiger charge is -2.57. The zero-order valence-corrected chi connectivity index (χ0v) is 13.1. The molecule has 0 amide bonds. The first-order valence-electron chi connectivity index (χ1n) is 8.63. The van der Waals surface area contributed by atoms with E-state index in [1.807, 2.05) is 0 Å². The lowest BCUT2D eigenvalue weighted by Crippen LogP contribution is -2.58. The van der Waals surface area contributed by atoms with Crippen LogP contribution in [0, 0.1) is 17.8 Å². The van der Waals surface area contributed by atoms with Crippen molar-refractivity contribution in [1.82, 2.24) is 5.32 Å². The van der Waals surface area contributed by atoms with Gasteiger partial charge in [0.05, 0.1) is 7.11 Å². The van der Waals surface area contributed by atoms with E-state index in [9.17, 15) is 0 Å². The highest BCUT2D eigenvalue weighted by molar-refractivity contribution is 5.27. The van der Waals surface area contributed by atoms with Gasteiger partial charge in [0.25, 0.3) is 0 Å². The summed E-state index contributed by atoms with van der Waals surface area (Å²) >= 11 is 0. The average Bonchev–Trinajstić information content (AvgIpc) is 2.46. The van der Waals surface area contributed by atoms with Crippen molar-refractivity contribution >= 4 is 0 Å². The van der Waals surface area contributed by atoms with Gasteiger partial charge in [0.2, 0.25) is 0 Å². The van der Waals surface area contributed by atoms with Gasteiger partial charge in [0.1, 0.15) is 5.75 Å². The second-order valence-corrected chi connectivity index (χ2v) is 7.72. The maximum Gasteiger partial charge on any atom is 0.118 e. The highest BCUT2D eigenvalue weighted by Gasteiger charge is 2.50. The predicted molar refractivity (Wildman–Crippen MR) is 85.6 cm³/mol. The van der Waals surface area contributed by atoms with E-state index in [-0.39, 0.29) is 0 Å². The molecular formula is C19H27NO. The molecular weight excluding hydrogens is 258 g/mol. The molecule has 1 aromatic rings. The predicted octanol–water partition coefficient (Wildman–Crippen LogP) is 3.80. The van der Waals surface area contributed by atoms with Gasteiger partial charge in [0, 0.05) is 5.54 Å². The molecule has 1 N–H and O–H groups in total. The smallest absolute Gasteiger partial charge is 0.118 e. The van der Waals surface area contributed by atoms with Crippen LogP contribution in [-0.2, 0) is 6.42 Å². The molecule has 114 valence electrons. The van der Waals surface area contributed by atoms with Crippen molar-refractivity contribution in [2.45, 2.75) is 50.5 Å². The molecule has 2 heteroatoms. The topological polar surface area (TPSA) is 21.3 Å². The summed E-state index contributed by atoms with van der Waals surface area (Å²) in [6.07, 6.45) is 10.1. The molecule has 0 radical (unpaired) electrons.